The Morgan fingerprint density at radius 2 is 1.88 bits per heavy atom. The number of amides is 1. The number of benzene rings is 1. The number of Topliss-reactive ketones (excluding diaryl/α,β-unsaturated/α-hetero) is 1. The molecule has 2 heterocycles. The number of rotatable bonds is 9. The van der Waals surface area contributed by atoms with Crippen LogP contribution >= 0.6 is 0 Å². The molecule has 1 aliphatic heterocycles. The van der Waals surface area contributed by atoms with Gasteiger partial charge in [0, 0.05) is 44.2 Å². The van der Waals surface area contributed by atoms with E-state index < -0.39 is 4.92 Å². The first kappa shape index (κ1) is 23.0. The van der Waals surface area contributed by atoms with Gasteiger partial charge < -0.3 is 19.3 Å². The summed E-state index contributed by atoms with van der Waals surface area (Å²) in [5, 5.41) is 10.7. The Morgan fingerprint density at radius 3 is 2.47 bits per heavy atom. The van der Waals surface area contributed by atoms with Gasteiger partial charge in [0.15, 0.2) is 17.3 Å². The first-order valence-electron chi connectivity index (χ1n) is 10.3. The number of nitro groups is 1. The van der Waals surface area contributed by atoms with Gasteiger partial charge in [0.25, 0.3) is 5.69 Å². The van der Waals surface area contributed by atoms with Gasteiger partial charge in [-0.25, -0.2) is 4.98 Å². The molecule has 1 fully saturated rings. The summed E-state index contributed by atoms with van der Waals surface area (Å²) in [5.41, 5.74) is 0.504. The molecule has 1 aliphatic rings. The van der Waals surface area contributed by atoms with Crippen LogP contribution < -0.4 is 14.4 Å². The van der Waals surface area contributed by atoms with Gasteiger partial charge in [0.1, 0.15) is 12.0 Å². The predicted molar refractivity (Wildman–Crippen MR) is 117 cm³/mol. The minimum absolute atomic E-state index is 0.0443. The number of aromatic nitrogens is 1. The fourth-order valence-electron chi connectivity index (χ4n) is 3.43. The number of ether oxygens (including phenoxy) is 2. The van der Waals surface area contributed by atoms with E-state index in [-0.39, 0.29) is 17.4 Å². The average Bonchev–Trinajstić information content (AvgIpc) is 2.81. The summed E-state index contributed by atoms with van der Waals surface area (Å²) in [5.74, 6) is 1.70. The lowest BCUT2D eigenvalue weighted by molar-refractivity contribution is -0.385. The highest BCUT2D eigenvalue weighted by molar-refractivity contribution is 5.94. The van der Waals surface area contributed by atoms with Gasteiger partial charge in [-0.15, -0.1) is 0 Å². The van der Waals surface area contributed by atoms with Crippen LogP contribution in [0.1, 0.15) is 30.1 Å². The van der Waals surface area contributed by atoms with Crippen molar-refractivity contribution in [2.24, 2.45) is 0 Å². The van der Waals surface area contributed by atoms with E-state index in [0.29, 0.717) is 68.5 Å². The molecule has 0 radical (unpaired) electrons. The summed E-state index contributed by atoms with van der Waals surface area (Å²) in [4.78, 5) is 42.2. The van der Waals surface area contributed by atoms with Crippen LogP contribution in [0.5, 0.6) is 11.5 Å². The molecule has 0 atom stereocenters. The van der Waals surface area contributed by atoms with Gasteiger partial charge in [-0.05, 0) is 37.6 Å². The van der Waals surface area contributed by atoms with E-state index in [1.54, 1.807) is 24.3 Å². The van der Waals surface area contributed by atoms with E-state index in [1.807, 2.05) is 9.80 Å². The van der Waals surface area contributed by atoms with Crippen molar-refractivity contribution in [3.8, 4) is 11.5 Å². The quantitative estimate of drug-likeness (QED) is 0.252. The molecule has 1 amide bonds. The lowest BCUT2D eigenvalue weighted by atomic mass is 10.1. The first-order valence-corrected chi connectivity index (χ1v) is 10.3. The molecule has 32 heavy (non-hydrogen) atoms. The zero-order valence-corrected chi connectivity index (χ0v) is 18.2. The molecule has 0 bridgehead atoms. The number of carbonyl (C=O) groups excluding carboxylic acids is 2. The Labute approximate surface area is 185 Å². The van der Waals surface area contributed by atoms with Crippen LogP contribution in [0.15, 0.2) is 36.5 Å². The molecule has 2 aromatic rings. The minimum Gasteiger partial charge on any atom is -0.493 e. The van der Waals surface area contributed by atoms with Crippen molar-refractivity contribution >= 4 is 23.2 Å². The third-order valence-corrected chi connectivity index (χ3v) is 5.26. The summed E-state index contributed by atoms with van der Waals surface area (Å²) in [6.07, 6.45) is 2.17. The van der Waals surface area contributed by atoms with Crippen molar-refractivity contribution in [3.05, 3.63) is 52.2 Å². The van der Waals surface area contributed by atoms with Gasteiger partial charge in [0.05, 0.1) is 18.6 Å². The van der Waals surface area contributed by atoms with E-state index in [0.717, 1.165) is 0 Å². The molecule has 10 nitrogen and oxygen atoms in total. The highest BCUT2D eigenvalue weighted by Crippen LogP contribution is 2.28. The summed E-state index contributed by atoms with van der Waals surface area (Å²) >= 11 is 0. The van der Waals surface area contributed by atoms with Crippen LogP contribution in [0.4, 0.5) is 11.5 Å². The third-order valence-electron chi connectivity index (χ3n) is 5.26. The van der Waals surface area contributed by atoms with Crippen LogP contribution in [-0.2, 0) is 4.79 Å². The Morgan fingerprint density at radius 1 is 1.12 bits per heavy atom. The maximum atomic E-state index is 12.5. The maximum absolute atomic E-state index is 12.5. The molecule has 1 aromatic heterocycles. The van der Waals surface area contributed by atoms with Gasteiger partial charge in [-0.3, -0.25) is 19.7 Å². The van der Waals surface area contributed by atoms with Crippen molar-refractivity contribution in [2.45, 2.75) is 19.8 Å². The van der Waals surface area contributed by atoms with Gasteiger partial charge in [0.2, 0.25) is 5.91 Å². The molecule has 170 valence electrons. The molecule has 3 rings (SSSR count). The van der Waals surface area contributed by atoms with Crippen LogP contribution in [-0.4, -0.2) is 66.4 Å². The molecular weight excluding hydrogens is 416 g/mol. The second-order valence-corrected chi connectivity index (χ2v) is 7.37. The third kappa shape index (κ3) is 5.71. The highest BCUT2D eigenvalue weighted by Gasteiger charge is 2.22. The molecule has 0 spiro atoms. The fourth-order valence-corrected chi connectivity index (χ4v) is 3.43. The van der Waals surface area contributed by atoms with E-state index >= 15 is 0 Å². The van der Waals surface area contributed by atoms with Crippen molar-refractivity contribution in [2.75, 3.05) is 44.8 Å². The summed E-state index contributed by atoms with van der Waals surface area (Å²) in [6.45, 7) is 4.22. The first-order chi connectivity index (χ1) is 15.4. The minimum atomic E-state index is -0.478. The molecule has 0 unspecified atom stereocenters. The number of methoxy groups -OCH3 is 1. The lowest BCUT2D eigenvalue weighted by Gasteiger charge is -2.35. The number of hydrogen-bond acceptors (Lipinski definition) is 8. The number of nitrogens with zero attached hydrogens (tertiary/aromatic N) is 4. The average molecular weight is 442 g/mol. The van der Waals surface area contributed by atoms with Gasteiger partial charge in [-0.2, -0.15) is 0 Å². The Kier molecular flexibility index (Phi) is 7.58. The number of ketones is 1. The lowest BCUT2D eigenvalue weighted by Crippen LogP contribution is -2.49. The molecule has 10 heteroatoms. The zero-order chi connectivity index (χ0) is 23.1. The van der Waals surface area contributed by atoms with Crippen molar-refractivity contribution in [1.82, 2.24) is 9.88 Å². The Bertz CT molecular complexity index is 971. The highest BCUT2D eigenvalue weighted by atomic mass is 16.6. The van der Waals surface area contributed by atoms with Crippen LogP contribution in [0.2, 0.25) is 0 Å². The molecule has 1 aromatic carbocycles. The SMILES string of the molecule is COc1cc(C(C)=O)ccc1OCCCC(=O)N1CCN(c2ccc([N+](=O)[O-])cn2)CC1. The largest absolute Gasteiger partial charge is 0.493 e. The number of anilines is 1. The number of piperazine rings is 1. The normalized spacial score (nSPS) is 13.6. The topological polar surface area (TPSA) is 115 Å². The van der Waals surface area contributed by atoms with E-state index in [9.17, 15) is 19.7 Å². The van der Waals surface area contributed by atoms with Crippen molar-refractivity contribution in [1.29, 1.82) is 0 Å². The molecule has 0 N–H and O–H groups in total. The Hall–Kier alpha value is -3.69. The predicted octanol–water partition coefficient (Wildman–Crippen LogP) is 2.71. The van der Waals surface area contributed by atoms with Crippen LogP contribution in [0, 0.1) is 10.1 Å². The van der Waals surface area contributed by atoms with E-state index in [4.69, 9.17) is 9.47 Å². The smallest absolute Gasteiger partial charge is 0.287 e. The molecular formula is C22H26N4O6. The van der Waals surface area contributed by atoms with Crippen molar-refractivity contribution in [3.63, 3.8) is 0 Å². The number of hydrogen-bond donors (Lipinski definition) is 0. The standard InChI is InChI=1S/C22H26N4O6/c1-16(27)17-5-7-19(20(14-17)31-2)32-13-3-4-22(28)25-11-9-24(10-12-25)21-8-6-18(15-23-21)26(29)30/h5-8,14-15H,3-4,9-13H2,1-2H3. The number of carbonyl (C=O) groups is 2. The fraction of sp³-hybridized carbons (Fsp3) is 0.409. The second kappa shape index (κ2) is 10.6. The molecule has 1 saturated heterocycles. The monoisotopic (exact) mass is 442 g/mol. The van der Waals surface area contributed by atoms with E-state index in [2.05, 4.69) is 4.98 Å². The maximum Gasteiger partial charge on any atom is 0.287 e. The molecule has 0 aliphatic carbocycles. The molecule has 0 saturated carbocycles. The second-order valence-electron chi connectivity index (χ2n) is 7.37. The van der Waals surface area contributed by atoms with Crippen LogP contribution in [0.25, 0.3) is 0 Å². The summed E-state index contributed by atoms with van der Waals surface area (Å²) in [6, 6.07) is 8.09. The van der Waals surface area contributed by atoms with Crippen LogP contribution in [0.3, 0.4) is 0 Å². The zero-order valence-electron chi connectivity index (χ0n) is 18.2. The number of pyridine rings is 1. The summed E-state index contributed by atoms with van der Waals surface area (Å²) < 4.78 is 11.0. The van der Waals surface area contributed by atoms with Crippen molar-refractivity contribution < 1.29 is 24.0 Å². The summed E-state index contributed by atoms with van der Waals surface area (Å²) in [7, 11) is 1.52. The van der Waals surface area contributed by atoms with Gasteiger partial charge >= 0.3 is 0 Å². The van der Waals surface area contributed by atoms with E-state index in [1.165, 1.54) is 26.3 Å². The Balaban J connectivity index is 1.42. The van der Waals surface area contributed by atoms with Gasteiger partial charge in [-0.1, -0.05) is 0 Å².